The van der Waals surface area contributed by atoms with Crippen molar-refractivity contribution in [3.8, 4) is 0 Å². The number of aliphatic hydroxyl groups excluding tert-OH is 1. The van der Waals surface area contributed by atoms with Crippen molar-refractivity contribution in [1.29, 1.82) is 0 Å². The van der Waals surface area contributed by atoms with E-state index in [0.717, 1.165) is 11.3 Å². The zero-order valence-electron chi connectivity index (χ0n) is 12.5. The quantitative estimate of drug-likeness (QED) is 0.941. The van der Waals surface area contributed by atoms with Crippen molar-refractivity contribution in [3.05, 3.63) is 53.6 Å². The van der Waals surface area contributed by atoms with Crippen molar-refractivity contribution < 1.29 is 5.11 Å². The minimum atomic E-state index is -0.633. The van der Waals surface area contributed by atoms with E-state index >= 15 is 0 Å². The lowest BCUT2D eigenvalue weighted by Crippen LogP contribution is -2.30. The monoisotopic (exact) mass is 305 g/mol. The van der Waals surface area contributed by atoms with Crippen LogP contribution in [-0.4, -0.2) is 26.0 Å². The number of halogens is 1. The smallest absolute Gasteiger partial charge is 0.138 e. The minimum absolute atomic E-state index is 0.280. The van der Waals surface area contributed by atoms with E-state index in [0.29, 0.717) is 11.4 Å². The molecule has 0 aliphatic carbocycles. The molecule has 4 nitrogen and oxygen atoms in total. The van der Waals surface area contributed by atoms with Gasteiger partial charge < -0.3 is 5.11 Å². The minimum Gasteiger partial charge on any atom is -0.386 e. The van der Waals surface area contributed by atoms with Crippen LogP contribution in [0.5, 0.6) is 0 Å². The number of hydrogen-bond donors (Lipinski definition) is 1. The van der Waals surface area contributed by atoms with Crippen LogP contribution in [0.2, 0.25) is 5.02 Å². The molecule has 0 aliphatic heterocycles. The Balaban J connectivity index is 2.27. The lowest BCUT2D eigenvalue weighted by Gasteiger charge is -2.28. The van der Waals surface area contributed by atoms with E-state index in [-0.39, 0.29) is 5.41 Å². The number of allylic oxidation sites excluding steroid dienone is 1. The Morgan fingerprint density at radius 3 is 2.52 bits per heavy atom. The molecule has 0 radical (unpaired) electrons. The SMILES string of the molecule is CC(C)(C)C(O)/C(=C/Cc1ccc(Cl)cc1)n1cncn1. The molecular formula is C16H20ClN3O. The molecule has 0 saturated heterocycles. The van der Waals surface area contributed by atoms with E-state index in [9.17, 15) is 5.11 Å². The highest BCUT2D eigenvalue weighted by atomic mass is 35.5. The van der Waals surface area contributed by atoms with Gasteiger partial charge in [-0.3, -0.25) is 0 Å². The molecule has 0 saturated carbocycles. The van der Waals surface area contributed by atoms with Crippen molar-refractivity contribution in [3.63, 3.8) is 0 Å². The summed E-state index contributed by atoms with van der Waals surface area (Å²) in [5.74, 6) is 0. The summed E-state index contributed by atoms with van der Waals surface area (Å²) in [6.07, 6.45) is 5.10. The van der Waals surface area contributed by atoms with E-state index < -0.39 is 6.10 Å². The van der Waals surface area contributed by atoms with Gasteiger partial charge in [-0.15, -0.1) is 0 Å². The number of benzene rings is 1. The van der Waals surface area contributed by atoms with Gasteiger partial charge in [-0.05, 0) is 29.5 Å². The zero-order valence-corrected chi connectivity index (χ0v) is 13.2. The molecule has 0 amide bonds. The second kappa shape index (κ2) is 6.41. The van der Waals surface area contributed by atoms with Gasteiger partial charge in [0.05, 0.1) is 5.70 Å². The fourth-order valence-corrected chi connectivity index (χ4v) is 2.08. The van der Waals surface area contributed by atoms with Gasteiger partial charge >= 0.3 is 0 Å². The summed E-state index contributed by atoms with van der Waals surface area (Å²) in [7, 11) is 0. The normalized spacial score (nSPS) is 14.2. The molecule has 1 aromatic carbocycles. The molecule has 0 bridgehead atoms. The van der Waals surface area contributed by atoms with Gasteiger partial charge in [0.25, 0.3) is 0 Å². The maximum atomic E-state index is 10.6. The van der Waals surface area contributed by atoms with Gasteiger partial charge in [-0.1, -0.05) is 50.6 Å². The topological polar surface area (TPSA) is 50.9 Å². The Bertz CT molecular complexity index is 597. The third-order valence-corrected chi connectivity index (χ3v) is 3.50. The van der Waals surface area contributed by atoms with E-state index in [1.165, 1.54) is 6.33 Å². The standard InChI is InChI=1S/C16H20ClN3O/c1-16(2,3)15(21)14(20-11-18-10-19-20)9-6-12-4-7-13(17)8-5-12/h4-5,7-11,15,21H,6H2,1-3H3/b14-9-. The van der Waals surface area contributed by atoms with Crippen LogP contribution in [0.25, 0.3) is 5.70 Å². The number of hydrogen-bond acceptors (Lipinski definition) is 3. The maximum absolute atomic E-state index is 10.6. The van der Waals surface area contributed by atoms with Crippen molar-refractivity contribution >= 4 is 17.3 Å². The first-order chi connectivity index (χ1) is 9.88. The Hall–Kier alpha value is -1.65. The Morgan fingerprint density at radius 2 is 2.00 bits per heavy atom. The largest absolute Gasteiger partial charge is 0.386 e. The maximum Gasteiger partial charge on any atom is 0.138 e. The molecule has 5 heteroatoms. The molecule has 112 valence electrons. The number of aliphatic hydroxyl groups is 1. The van der Waals surface area contributed by atoms with Crippen molar-refractivity contribution in [2.24, 2.45) is 5.41 Å². The molecule has 2 rings (SSSR count). The van der Waals surface area contributed by atoms with Gasteiger partial charge in [-0.2, -0.15) is 5.10 Å². The van der Waals surface area contributed by atoms with Crippen LogP contribution in [-0.2, 0) is 6.42 Å². The average Bonchev–Trinajstić information content (AvgIpc) is 2.94. The fraction of sp³-hybridized carbons (Fsp3) is 0.375. The van der Waals surface area contributed by atoms with Crippen LogP contribution in [0.3, 0.4) is 0 Å². The van der Waals surface area contributed by atoms with Crippen LogP contribution in [0, 0.1) is 5.41 Å². The van der Waals surface area contributed by atoms with Crippen LogP contribution in [0.1, 0.15) is 26.3 Å². The fourth-order valence-electron chi connectivity index (χ4n) is 1.96. The number of nitrogens with zero attached hydrogens (tertiary/aromatic N) is 3. The highest BCUT2D eigenvalue weighted by Crippen LogP contribution is 2.27. The Morgan fingerprint density at radius 1 is 1.33 bits per heavy atom. The van der Waals surface area contributed by atoms with Crippen LogP contribution < -0.4 is 0 Å². The molecule has 1 atom stereocenters. The molecular weight excluding hydrogens is 286 g/mol. The summed E-state index contributed by atoms with van der Waals surface area (Å²) >= 11 is 5.89. The second-order valence-corrected chi connectivity index (χ2v) is 6.50. The van der Waals surface area contributed by atoms with E-state index in [1.54, 1.807) is 11.0 Å². The van der Waals surface area contributed by atoms with Gasteiger partial charge in [-0.25, -0.2) is 9.67 Å². The molecule has 0 spiro atoms. The summed E-state index contributed by atoms with van der Waals surface area (Å²) in [4.78, 5) is 3.96. The van der Waals surface area contributed by atoms with Gasteiger partial charge in [0, 0.05) is 5.02 Å². The van der Waals surface area contributed by atoms with Gasteiger partial charge in [0.2, 0.25) is 0 Å². The van der Waals surface area contributed by atoms with Crippen molar-refractivity contribution in [2.75, 3.05) is 0 Å². The first kappa shape index (κ1) is 15.7. The van der Waals surface area contributed by atoms with E-state index in [2.05, 4.69) is 10.1 Å². The summed E-state index contributed by atoms with van der Waals surface area (Å²) < 4.78 is 1.62. The van der Waals surface area contributed by atoms with E-state index in [1.807, 2.05) is 51.1 Å². The molecule has 2 aromatic rings. The van der Waals surface area contributed by atoms with Gasteiger partial charge in [0.15, 0.2) is 0 Å². The second-order valence-electron chi connectivity index (χ2n) is 6.07. The lowest BCUT2D eigenvalue weighted by molar-refractivity contribution is 0.108. The van der Waals surface area contributed by atoms with Gasteiger partial charge in [0.1, 0.15) is 18.8 Å². The molecule has 0 fully saturated rings. The van der Waals surface area contributed by atoms with Crippen molar-refractivity contribution in [1.82, 2.24) is 14.8 Å². The number of rotatable bonds is 4. The predicted molar refractivity (Wildman–Crippen MR) is 84.9 cm³/mol. The van der Waals surface area contributed by atoms with Crippen LogP contribution in [0.4, 0.5) is 0 Å². The summed E-state index contributed by atoms with van der Waals surface area (Å²) in [5.41, 5.74) is 1.57. The highest BCUT2D eigenvalue weighted by Gasteiger charge is 2.27. The molecule has 0 aliphatic rings. The molecule has 1 unspecified atom stereocenters. The average molecular weight is 306 g/mol. The molecule has 1 heterocycles. The van der Waals surface area contributed by atoms with Crippen LogP contribution >= 0.6 is 11.6 Å². The lowest BCUT2D eigenvalue weighted by atomic mass is 9.86. The Kier molecular flexibility index (Phi) is 4.80. The third kappa shape index (κ3) is 4.16. The first-order valence-electron chi connectivity index (χ1n) is 6.85. The summed E-state index contributed by atoms with van der Waals surface area (Å²) in [5, 5.41) is 15.4. The zero-order chi connectivity index (χ0) is 15.5. The summed E-state index contributed by atoms with van der Waals surface area (Å²) in [6.45, 7) is 5.97. The first-order valence-corrected chi connectivity index (χ1v) is 7.23. The Labute approximate surface area is 130 Å². The molecule has 1 N–H and O–H groups in total. The molecule has 1 aromatic heterocycles. The number of aromatic nitrogens is 3. The van der Waals surface area contributed by atoms with Crippen LogP contribution in [0.15, 0.2) is 43.0 Å². The third-order valence-electron chi connectivity index (χ3n) is 3.24. The van der Waals surface area contributed by atoms with Crippen molar-refractivity contribution in [2.45, 2.75) is 33.3 Å². The summed E-state index contributed by atoms with van der Waals surface area (Å²) in [6, 6.07) is 7.67. The predicted octanol–water partition coefficient (Wildman–Crippen LogP) is 3.42. The van der Waals surface area contributed by atoms with E-state index in [4.69, 9.17) is 11.6 Å². The highest BCUT2D eigenvalue weighted by molar-refractivity contribution is 6.30. The molecule has 21 heavy (non-hydrogen) atoms.